The lowest BCUT2D eigenvalue weighted by Crippen LogP contribution is -2.42. The minimum Gasteiger partial charge on any atom is -0.463 e. The number of nitrogens with one attached hydrogen (secondary N) is 1. The van der Waals surface area contributed by atoms with E-state index >= 15 is 0 Å². The molecular weight excluding hydrogens is 415 g/mol. The SMILES string of the molecule is CCOC(=O)C1(c2ccon2)CN=C(Nc2c(-c3ccncc3)cc(F)cc2C(C)C)O1. The first-order valence-corrected chi connectivity index (χ1v) is 10.3. The fourth-order valence-corrected chi connectivity index (χ4v) is 3.58. The molecule has 4 rings (SSSR count). The number of aliphatic imine (C=N–C) groups is 1. The number of aromatic nitrogens is 2. The van der Waals surface area contributed by atoms with E-state index in [1.807, 2.05) is 13.8 Å². The summed E-state index contributed by atoms with van der Waals surface area (Å²) in [4.78, 5) is 21.2. The smallest absolute Gasteiger partial charge is 0.359 e. The van der Waals surface area contributed by atoms with Gasteiger partial charge in [0, 0.05) is 24.0 Å². The van der Waals surface area contributed by atoms with Crippen LogP contribution in [0, 0.1) is 5.82 Å². The van der Waals surface area contributed by atoms with Crippen molar-refractivity contribution in [2.75, 3.05) is 18.5 Å². The number of nitrogens with zero attached hydrogens (tertiary/aromatic N) is 3. The summed E-state index contributed by atoms with van der Waals surface area (Å²) in [6.07, 6.45) is 4.63. The summed E-state index contributed by atoms with van der Waals surface area (Å²) in [6.45, 7) is 5.77. The van der Waals surface area contributed by atoms with E-state index in [2.05, 4.69) is 20.4 Å². The summed E-state index contributed by atoms with van der Waals surface area (Å²) in [6, 6.07) is 8.14. The van der Waals surface area contributed by atoms with Gasteiger partial charge < -0.3 is 19.3 Å². The van der Waals surface area contributed by atoms with E-state index in [4.69, 9.17) is 14.0 Å². The summed E-state index contributed by atoms with van der Waals surface area (Å²) in [7, 11) is 0. The predicted molar refractivity (Wildman–Crippen MR) is 116 cm³/mol. The minimum absolute atomic E-state index is 0.00106. The van der Waals surface area contributed by atoms with Crippen molar-refractivity contribution in [3.63, 3.8) is 0 Å². The highest BCUT2D eigenvalue weighted by Gasteiger charge is 2.51. The molecule has 32 heavy (non-hydrogen) atoms. The number of rotatable bonds is 6. The van der Waals surface area contributed by atoms with E-state index in [-0.39, 0.29) is 36.6 Å². The van der Waals surface area contributed by atoms with E-state index < -0.39 is 11.6 Å². The fourth-order valence-electron chi connectivity index (χ4n) is 3.58. The maximum absolute atomic E-state index is 14.5. The molecule has 0 bridgehead atoms. The van der Waals surface area contributed by atoms with Crippen LogP contribution in [-0.4, -0.2) is 35.3 Å². The summed E-state index contributed by atoms with van der Waals surface area (Å²) >= 11 is 0. The maximum atomic E-state index is 14.5. The first kappa shape index (κ1) is 21.5. The summed E-state index contributed by atoms with van der Waals surface area (Å²) in [5.41, 5.74) is 1.46. The lowest BCUT2D eigenvalue weighted by atomic mass is 9.94. The van der Waals surface area contributed by atoms with Gasteiger partial charge in [0.25, 0.3) is 11.6 Å². The molecular formula is C23H23FN4O4. The average Bonchev–Trinajstić information content (AvgIpc) is 3.46. The van der Waals surface area contributed by atoms with Gasteiger partial charge in [-0.1, -0.05) is 19.0 Å². The van der Waals surface area contributed by atoms with Gasteiger partial charge in [-0.25, -0.2) is 14.2 Å². The normalized spacial score (nSPS) is 17.7. The van der Waals surface area contributed by atoms with Crippen LogP contribution in [-0.2, 0) is 19.9 Å². The number of ether oxygens (including phenoxy) is 2. The molecule has 0 aliphatic carbocycles. The van der Waals surface area contributed by atoms with Gasteiger partial charge in [-0.05, 0) is 48.2 Å². The third-order valence-electron chi connectivity index (χ3n) is 5.15. The van der Waals surface area contributed by atoms with Crippen molar-refractivity contribution in [1.82, 2.24) is 10.1 Å². The van der Waals surface area contributed by atoms with Gasteiger partial charge in [0.2, 0.25) is 0 Å². The van der Waals surface area contributed by atoms with Crippen molar-refractivity contribution in [1.29, 1.82) is 0 Å². The number of amidine groups is 1. The molecule has 166 valence electrons. The lowest BCUT2D eigenvalue weighted by Gasteiger charge is -2.24. The topological polar surface area (TPSA) is 98.8 Å². The van der Waals surface area contributed by atoms with Crippen LogP contribution in [0.4, 0.5) is 10.1 Å². The second kappa shape index (κ2) is 8.78. The van der Waals surface area contributed by atoms with Gasteiger partial charge in [0.1, 0.15) is 24.3 Å². The summed E-state index contributed by atoms with van der Waals surface area (Å²) in [5.74, 6) is -0.975. The molecule has 0 spiro atoms. The van der Waals surface area contributed by atoms with Crippen molar-refractivity contribution < 1.29 is 23.2 Å². The zero-order valence-electron chi connectivity index (χ0n) is 18.0. The molecule has 3 aromatic rings. The molecule has 1 aliphatic heterocycles. The van der Waals surface area contributed by atoms with E-state index in [9.17, 15) is 9.18 Å². The number of benzene rings is 1. The van der Waals surface area contributed by atoms with E-state index in [0.29, 0.717) is 11.3 Å². The van der Waals surface area contributed by atoms with Crippen LogP contribution >= 0.6 is 0 Å². The van der Waals surface area contributed by atoms with Crippen LogP contribution in [0.1, 0.15) is 37.9 Å². The Labute approximate surface area is 184 Å². The molecule has 1 aromatic carbocycles. The lowest BCUT2D eigenvalue weighted by molar-refractivity contribution is -0.162. The molecule has 9 heteroatoms. The Balaban J connectivity index is 1.73. The predicted octanol–water partition coefficient (Wildman–Crippen LogP) is 4.26. The molecule has 1 aliphatic rings. The standard InChI is InChI=1S/C23H23FN4O4/c1-4-30-21(29)23(19-7-10-31-28-19)13-26-22(32-23)27-20-17(14(2)3)11-16(24)12-18(20)15-5-8-25-9-6-15/h5-12,14H,4,13H2,1-3H3,(H,26,27). The quantitative estimate of drug-likeness (QED) is 0.574. The monoisotopic (exact) mass is 438 g/mol. The van der Waals surface area contributed by atoms with Gasteiger partial charge in [-0.2, -0.15) is 0 Å². The molecule has 1 atom stereocenters. The first-order valence-electron chi connectivity index (χ1n) is 10.3. The largest absolute Gasteiger partial charge is 0.463 e. The Hall–Kier alpha value is -3.75. The van der Waals surface area contributed by atoms with Gasteiger partial charge in [0.05, 0.1) is 12.3 Å². The average molecular weight is 438 g/mol. The van der Waals surface area contributed by atoms with Gasteiger partial charge in [-0.3, -0.25) is 4.98 Å². The Morgan fingerprint density at radius 1 is 1.28 bits per heavy atom. The number of esters is 1. The molecule has 1 N–H and O–H groups in total. The molecule has 0 radical (unpaired) electrons. The Morgan fingerprint density at radius 2 is 2.06 bits per heavy atom. The number of anilines is 1. The molecule has 0 fully saturated rings. The third kappa shape index (κ3) is 3.93. The van der Waals surface area contributed by atoms with Crippen molar-refractivity contribution in [2.24, 2.45) is 4.99 Å². The maximum Gasteiger partial charge on any atom is 0.359 e. The molecule has 0 amide bonds. The number of carbonyl (C=O) groups is 1. The fraction of sp³-hybridized carbons (Fsp3) is 0.304. The van der Waals surface area contributed by atoms with Crippen LogP contribution in [0.5, 0.6) is 0 Å². The van der Waals surface area contributed by atoms with Crippen molar-refractivity contribution >= 4 is 17.7 Å². The number of carbonyl (C=O) groups excluding carboxylic acids is 1. The van der Waals surface area contributed by atoms with Crippen LogP contribution in [0.2, 0.25) is 0 Å². The van der Waals surface area contributed by atoms with Gasteiger partial charge in [0.15, 0.2) is 0 Å². The molecule has 0 saturated heterocycles. The highest BCUT2D eigenvalue weighted by atomic mass is 19.1. The minimum atomic E-state index is -1.56. The molecule has 3 heterocycles. The van der Waals surface area contributed by atoms with E-state index in [1.54, 1.807) is 31.5 Å². The van der Waals surface area contributed by atoms with Crippen LogP contribution < -0.4 is 5.32 Å². The number of hydrogen-bond donors (Lipinski definition) is 1. The van der Waals surface area contributed by atoms with Crippen molar-refractivity contribution in [2.45, 2.75) is 32.3 Å². The second-order valence-electron chi connectivity index (χ2n) is 7.59. The number of pyridine rings is 1. The molecule has 0 saturated carbocycles. The zero-order valence-corrected chi connectivity index (χ0v) is 18.0. The number of hydrogen-bond acceptors (Lipinski definition) is 8. The van der Waals surface area contributed by atoms with Crippen LogP contribution in [0.25, 0.3) is 11.1 Å². The Morgan fingerprint density at radius 3 is 2.72 bits per heavy atom. The van der Waals surface area contributed by atoms with E-state index in [1.165, 1.54) is 24.5 Å². The molecule has 8 nitrogen and oxygen atoms in total. The highest BCUT2D eigenvalue weighted by molar-refractivity contribution is 5.99. The zero-order chi connectivity index (χ0) is 22.7. The Kier molecular flexibility index (Phi) is 5.89. The summed E-state index contributed by atoms with van der Waals surface area (Å²) in [5, 5.41) is 7.05. The molecule has 2 aromatic heterocycles. The van der Waals surface area contributed by atoms with Crippen LogP contribution in [0.3, 0.4) is 0 Å². The first-order chi connectivity index (χ1) is 15.4. The van der Waals surface area contributed by atoms with Crippen molar-refractivity contribution in [3.05, 3.63) is 66.1 Å². The van der Waals surface area contributed by atoms with E-state index in [0.717, 1.165) is 11.1 Å². The highest BCUT2D eigenvalue weighted by Crippen LogP contribution is 2.38. The third-order valence-corrected chi connectivity index (χ3v) is 5.15. The van der Waals surface area contributed by atoms with Gasteiger partial charge >= 0.3 is 5.97 Å². The van der Waals surface area contributed by atoms with Crippen molar-refractivity contribution in [3.8, 4) is 11.1 Å². The molecule has 1 unspecified atom stereocenters. The number of halogens is 1. The summed E-state index contributed by atoms with van der Waals surface area (Å²) < 4.78 is 30.6. The Bertz CT molecular complexity index is 1130. The second-order valence-corrected chi connectivity index (χ2v) is 7.59. The van der Waals surface area contributed by atoms with Crippen LogP contribution in [0.15, 0.2) is 58.5 Å². The van der Waals surface area contributed by atoms with Gasteiger partial charge in [-0.15, -0.1) is 0 Å².